The van der Waals surface area contributed by atoms with Crippen LogP contribution in [0.3, 0.4) is 0 Å². The number of pyridine rings is 1. The lowest BCUT2D eigenvalue weighted by Crippen LogP contribution is -1.89. The Morgan fingerprint density at radius 1 is 1.14 bits per heavy atom. The van der Waals surface area contributed by atoms with E-state index in [-0.39, 0.29) is 0 Å². The molecule has 0 unspecified atom stereocenters. The minimum absolute atomic E-state index is 1.01. The van der Waals surface area contributed by atoms with Gasteiger partial charge in [0.1, 0.15) is 5.01 Å². The number of thiazole rings is 1. The molecule has 1 aromatic carbocycles. The van der Waals surface area contributed by atoms with Crippen LogP contribution in [-0.4, -0.2) is 9.97 Å². The predicted molar refractivity (Wildman–Crippen MR) is 92.5 cm³/mol. The molecule has 3 aromatic rings. The van der Waals surface area contributed by atoms with Crippen LogP contribution in [0, 0.1) is 0 Å². The highest BCUT2D eigenvalue weighted by molar-refractivity contribution is 9.10. The number of aryl methyl sites for hydroxylation is 1. The van der Waals surface area contributed by atoms with E-state index >= 15 is 0 Å². The molecule has 0 aliphatic heterocycles. The first-order chi connectivity index (χ1) is 10.3. The van der Waals surface area contributed by atoms with E-state index in [1.54, 1.807) is 11.3 Å². The van der Waals surface area contributed by atoms with E-state index in [1.165, 1.54) is 0 Å². The fourth-order valence-electron chi connectivity index (χ4n) is 2.19. The average Bonchev–Trinajstić information content (AvgIpc) is 2.98. The van der Waals surface area contributed by atoms with Crippen LogP contribution in [0.25, 0.3) is 21.8 Å². The van der Waals surface area contributed by atoms with E-state index < -0.39 is 0 Å². The number of benzene rings is 1. The molecular weight excluding hydrogens is 344 g/mol. The molecule has 0 spiro atoms. The first-order valence-electron chi connectivity index (χ1n) is 6.93. The van der Waals surface area contributed by atoms with E-state index in [0.717, 1.165) is 44.8 Å². The number of aromatic nitrogens is 2. The zero-order valence-electron chi connectivity index (χ0n) is 11.7. The first kappa shape index (κ1) is 14.4. The Morgan fingerprint density at radius 2 is 2.05 bits per heavy atom. The Bertz CT molecular complexity index is 752. The van der Waals surface area contributed by atoms with Gasteiger partial charge in [-0.2, -0.15) is 0 Å². The van der Waals surface area contributed by atoms with Gasteiger partial charge in [-0.1, -0.05) is 41.4 Å². The second-order valence-corrected chi connectivity index (χ2v) is 6.61. The van der Waals surface area contributed by atoms with E-state index in [2.05, 4.69) is 51.4 Å². The molecule has 2 aromatic heterocycles. The first-order valence-corrected chi connectivity index (χ1v) is 8.60. The topological polar surface area (TPSA) is 25.8 Å². The van der Waals surface area contributed by atoms with Crippen molar-refractivity contribution >= 4 is 27.3 Å². The van der Waals surface area contributed by atoms with E-state index in [1.807, 2.05) is 24.4 Å². The highest BCUT2D eigenvalue weighted by Crippen LogP contribution is 2.30. The summed E-state index contributed by atoms with van der Waals surface area (Å²) in [5.41, 5.74) is 4.44. The largest absolute Gasteiger partial charge is 0.261 e. The van der Waals surface area contributed by atoms with Crippen LogP contribution < -0.4 is 0 Å². The molecule has 2 heterocycles. The molecule has 0 aliphatic carbocycles. The minimum Gasteiger partial charge on any atom is -0.261 e. The predicted octanol–water partition coefficient (Wildman–Crippen LogP) is 5.59. The normalized spacial score (nSPS) is 10.8. The Kier molecular flexibility index (Phi) is 4.46. The third-order valence-corrected chi connectivity index (χ3v) is 4.58. The van der Waals surface area contributed by atoms with Crippen molar-refractivity contribution in [3.63, 3.8) is 0 Å². The number of halogens is 1. The molecule has 0 fully saturated rings. The van der Waals surface area contributed by atoms with E-state index in [9.17, 15) is 0 Å². The Labute approximate surface area is 137 Å². The van der Waals surface area contributed by atoms with Gasteiger partial charge in [0.05, 0.1) is 5.69 Å². The van der Waals surface area contributed by atoms with Crippen molar-refractivity contribution in [2.75, 3.05) is 0 Å². The van der Waals surface area contributed by atoms with Gasteiger partial charge in [-0.15, -0.1) is 11.3 Å². The molecule has 3 rings (SSSR count). The smallest absolute Gasteiger partial charge is 0.124 e. The third-order valence-electron chi connectivity index (χ3n) is 3.19. The van der Waals surface area contributed by atoms with Gasteiger partial charge in [-0.05, 0) is 30.7 Å². The lowest BCUT2D eigenvalue weighted by Gasteiger charge is -2.01. The van der Waals surface area contributed by atoms with E-state index in [4.69, 9.17) is 4.98 Å². The second kappa shape index (κ2) is 6.50. The molecule has 0 saturated heterocycles. The van der Waals surface area contributed by atoms with Crippen LogP contribution in [-0.2, 0) is 6.42 Å². The molecule has 0 radical (unpaired) electrons. The molecule has 0 N–H and O–H groups in total. The molecule has 0 atom stereocenters. The summed E-state index contributed by atoms with van der Waals surface area (Å²) >= 11 is 5.18. The van der Waals surface area contributed by atoms with Crippen molar-refractivity contribution in [2.45, 2.75) is 19.8 Å². The van der Waals surface area contributed by atoms with Gasteiger partial charge in [0.25, 0.3) is 0 Å². The number of rotatable bonds is 4. The summed E-state index contributed by atoms with van der Waals surface area (Å²) in [5, 5.41) is 3.15. The van der Waals surface area contributed by atoms with Crippen molar-refractivity contribution in [1.29, 1.82) is 0 Å². The highest BCUT2D eigenvalue weighted by Gasteiger charge is 2.08. The number of nitrogens with zero attached hydrogens (tertiary/aromatic N) is 2. The van der Waals surface area contributed by atoms with Crippen LogP contribution in [0.15, 0.2) is 52.4 Å². The molecule has 0 aliphatic rings. The maximum Gasteiger partial charge on any atom is 0.124 e. The lowest BCUT2D eigenvalue weighted by molar-refractivity contribution is 0.883. The highest BCUT2D eigenvalue weighted by atomic mass is 79.9. The van der Waals surface area contributed by atoms with E-state index in [0.29, 0.717) is 0 Å². The Hall–Kier alpha value is -1.52. The Balaban J connectivity index is 1.93. The van der Waals surface area contributed by atoms with Gasteiger partial charge in [-0.25, -0.2) is 4.98 Å². The molecule has 0 saturated carbocycles. The summed E-state index contributed by atoms with van der Waals surface area (Å²) in [6.07, 6.45) is 4.00. The van der Waals surface area contributed by atoms with Crippen molar-refractivity contribution in [1.82, 2.24) is 9.97 Å². The molecule has 0 bridgehead atoms. The SMILES string of the molecule is CCCc1cc(-c2nc(-c3cccc(Br)c3)cs2)ccn1. The van der Waals surface area contributed by atoms with Gasteiger partial charge < -0.3 is 0 Å². The zero-order valence-corrected chi connectivity index (χ0v) is 14.1. The lowest BCUT2D eigenvalue weighted by atomic mass is 10.1. The van der Waals surface area contributed by atoms with Crippen molar-refractivity contribution in [2.24, 2.45) is 0 Å². The van der Waals surface area contributed by atoms with Crippen LogP contribution in [0.2, 0.25) is 0 Å². The monoisotopic (exact) mass is 358 g/mol. The Morgan fingerprint density at radius 3 is 2.86 bits per heavy atom. The average molecular weight is 359 g/mol. The van der Waals surface area contributed by atoms with Crippen LogP contribution in [0.5, 0.6) is 0 Å². The van der Waals surface area contributed by atoms with Gasteiger partial charge >= 0.3 is 0 Å². The summed E-state index contributed by atoms with van der Waals surface area (Å²) in [6, 6.07) is 12.4. The molecule has 0 amide bonds. The van der Waals surface area contributed by atoms with Crippen LogP contribution in [0.4, 0.5) is 0 Å². The molecule has 4 heteroatoms. The molecular formula is C17H15BrN2S. The van der Waals surface area contributed by atoms with Crippen LogP contribution in [0.1, 0.15) is 19.0 Å². The quantitative estimate of drug-likeness (QED) is 0.607. The van der Waals surface area contributed by atoms with Crippen LogP contribution >= 0.6 is 27.3 Å². The molecule has 106 valence electrons. The summed E-state index contributed by atoms with van der Waals surface area (Å²) < 4.78 is 1.07. The van der Waals surface area contributed by atoms with Crippen molar-refractivity contribution in [3.8, 4) is 21.8 Å². The maximum atomic E-state index is 4.76. The fourth-order valence-corrected chi connectivity index (χ4v) is 3.42. The fraction of sp³-hybridized carbons (Fsp3) is 0.176. The maximum absolute atomic E-state index is 4.76. The van der Waals surface area contributed by atoms with Crippen molar-refractivity contribution < 1.29 is 0 Å². The standard InChI is InChI=1S/C17H15BrN2S/c1-2-4-15-10-13(7-8-19-15)17-20-16(11-21-17)12-5-3-6-14(18)9-12/h3,5-11H,2,4H2,1H3. The van der Waals surface area contributed by atoms with Gasteiger partial charge in [0, 0.05) is 32.9 Å². The molecule has 21 heavy (non-hydrogen) atoms. The van der Waals surface area contributed by atoms with Gasteiger partial charge in [0.15, 0.2) is 0 Å². The molecule has 2 nitrogen and oxygen atoms in total. The van der Waals surface area contributed by atoms with Crippen molar-refractivity contribution in [3.05, 3.63) is 58.1 Å². The zero-order chi connectivity index (χ0) is 14.7. The third kappa shape index (κ3) is 3.39. The number of hydrogen-bond donors (Lipinski definition) is 0. The summed E-state index contributed by atoms with van der Waals surface area (Å²) in [7, 11) is 0. The summed E-state index contributed by atoms with van der Waals surface area (Å²) in [4.78, 5) is 9.16. The summed E-state index contributed by atoms with van der Waals surface area (Å²) in [5.74, 6) is 0. The van der Waals surface area contributed by atoms with Gasteiger partial charge in [0.2, 0.25) is 0 Å². The van der Waals surface area contributed by atoms with Gasteiger partial charge in [-0.3, -0.25) is 4.98 Å². The second-order valence-electron chi connectivity index (χ2n) is 4.83. The number of hydrogen-bond acceptors (Lipinski definition) is 3. The minimum atomic E-state index is 1.01. The summed E-state index contributed by atoms with van der Waals surface area (Å²) in [6.45, 7) is 2.17.